The summed E-state index contributed by atoms with van der Waals surface area (Å²) < 4.78 is 0. The van der Waals surface area contributed by atoms with Gasteiger partial charge in [-0.05, 0) is 39.8 Å². The molecule has 0 aliphatic carbocycles. The van der Waals surface area contributed by atoms with E-state index in [2.05, 4.69) is 24.3 Å². The van der Waals surface area contributed by atoms with E-state index in [0.717, 1.165) is 0 Å². The van der Waals surface area contributed by atoms with Crippen LogP contribution in [0, 0.1) is 0 Å². The summed E-state index contributed by atoms with van der Waals surface area (Å²) in [4.78, 5) is 2.22. The Balaban J connectivity index is 2.75. The Labute approximate surface area is 61.0 Å². The summed E-state index contributed by atoms with van der Waals surface area (Å²) in [5, 5.41) is 3.34. The first-order chi connectivity index (χ1) is 4.27. The van der Waals surface area contributed by atoms with Crippen molar-refractivity contribution >= 4 is 10.2 Å². The van der Waals surface area contributed by atoms with Gasteiger partial charge in [0.2, 0.25) is 0 Å². The van der Waals surface area contributed by atoms with E-state index in [0.29, 0.717) is 0 Å². The van der Waals surface area contributed by atoms with Crippen LogP contribution >= 0.6 is 0 Å². The predicted octanol–water partition coefficient (Wildman–Crippen LogP) is -1.15. The lowest BCUT2D eigenvalue weighted by atomic mass is 10.4. The highest BCUT2D eigenvalue weighted by Gasteiger charge is 1.87. The van der Waals surface area contributed by atoms with Crippen molar-refractivity contribution in [2.24, 2.45) is 0 Å². The van der Waals surface area contributed by atoms with Crippen LogP contribution < -0.4 is 5.32 Å². The van der Waals surface area contributed by atoms with E-state index in [1.165, 1.54) is 35.9 Å². The van der Waals surface area contributed by atoms with Crippen molar-refractivity contribution < 1.29 is 0 Å². The molecule has 9 heavy (non-hydrogen) atoms. The molecule has 0 aromatic heterocycles. The third-order valence-electron chi connectivity index (χ3n) is 1.21. The van der Waals surface area contributed by atoms with Crippen LogP contribution in [0.3, 0.4) is 0 Å². The fourth-order valence-corrected chi connectivity index (χ4v) is 1.05. The van der Waals surface area contributed by atoms with E-state index in [-0.39, 0.29) is 0 Å². The van der Waals surface area contributed by atoms with Crippen LogP contribution in [0.15, 0.2) is 0 Å². The van der Waals surface area contributed by atoms with Gasteiger partial charge in [0, 0.05) is 10.2 Å². The van der Waals surface area contributed by atoms with Crippen molar-refractivity contribution in [3.05, 3.63) is 0 Å². The quantitative estimate of drug-likeness (QED) is 0.389. The summed E-state index contributed by atoms with van der Waals surface area (Å²) in [6.07, 6.45) is 2.50. The second-order valence-electron chi connectivity index (χ2n) is 2.51. The van der Waals surface area contributed by atoms with E-state index in [9.17, 15) is 0 Å². The lowest BCUT2D eigenvalue weighted by molar-refractivity contribution is 0.397. The molecule has 0 amide bonds. The Kier molecular flexibility index (Phi) is 6.35. The van der Waals surface area contributed by atoms with Gasteiger partial charge in [0.25, 0.3) is 0 Å². The van der Waals surface area contributed by atoms with Crippen molar-refractivity contribution in [1.29, 1.82) is 0 Å². The van der Waals surface area contributed by atoms with Gasteiger partial charge in [-0.1, -0.05) is 0 Å². The summed E-state index contributed by atoms with van der Waals surface area (Å²) in [7, 11) is 5.50. The number of hydrogen-bond donors (Lipinski definition) is 1. The standard InChI is InChI=1S/C6H18N2Si/c1-8(2)5-3-4-7-6-9/h7H,3-6H2,1-2,9H3. The van der Waals surface area contributed by atoms with Gasteiger partial charge in [0.1, 0.15) is 0 Å². The SMILES string of the molecule is CN(C)CCCNC[SiH3]. The Morgan fingerprint density at radius 2 is 2.11 bits per heavy atom. The maximum atomic E-state index is 3.34. The maximum Gasteiger partial charge on any atom is 0.0201 e. The molecule has 0 rings (SSSR count). The van der Waals surface area contributed by atoms with Crippen molar-refractivity contribution in [1.82, 2.24) is 10.2 Å². The maximum absolute atomic E-state index is 3.34. The lowest BCUT2D eigenvalue weighted by Crippen LogP contribution is -2.21. The summed E-state index contributed by atoms with van der Waals surface area (Å²) >= 11 is 0. The van der Waals surface area contributed by atoms with Crippen molar-refractivity contribution in [3.8, 4) is 0 Å². The number of nitrogens with one attached hydrogen (secondary N) is 1. The van der Waals surface area contributed by atoms with Gasteiger partial charge in [0.15, 0.2) is 0 Å². The van der Waals surface area contributed by atoms with Crippen LogP contribution in [0.4, 0.5) is 0 Å². The first kappa shape index (κ1) is 9.14. The van der Waals surface area contributed by atoms with Crippen molar-refractivity contribution in [2.75, 3.05) is 33.4 Å². The zero-order valence-corrected chi connectivity index (χ0v) is 8.78. The van der Waals surface area contributed by atoms with Crippen LogP contribution in [0.1, 0.15) is 6.42 Å². The van der Waals surface area contributed by atoms with Crippen LogP contribution in [0.2, 0.25) is 0 Å². The van der Waals surface area contributed by atoms with Crippen LogP contribution in [-0.4, -0.2) is 48.5 Å². The van der Waals surface area contributed by atoms with Gasteiger partial charge in [-0.2, -0.15) is 0 Å². The van der Waals surface area contributed by atoms with Gasteiger partial charge < -0.3 is 10.2 Å². The largest absolute Gasteiger partial charge is 0.320 e. The first-order valence-electron chi connectivity index (χ1n) is 3.62. The molecule has 0 spiro atoms. The summed E-state index contributed by atoms with van der Waals surface area (Å²) in [6, 6.07) is 0. The van der Waals surface area contributed by atoms with Crippen LogP contribution in [0.5, 0.6) is 0 Å². The van der Waals surface area contributed by atoms with E-state index < -0.39 is 0 Å². The number of hydrogen-bond acceptors (Lipinski definition) is 2. The van der Waals surface area contributed by atoms with Gasteiger partial charge in [-0.3, -0.25) is 0 Å². The smallest absolute Gasteiger partial charge is 0.0201 e. The molecular weight excluding hydrogens is 128 g/mol. The average molecular weight is 146 g/mol. The highest BCUT2D eigenvalue weighted by atomic mass is 28.1. The highest BCUT2D eigenvalue weighted by molar-refractivity contribution is 6.08. The summed E-state index contributed by atoms with van der Waals surface area (Å²) in [6.45, 7) is 2.39. The molecule has 0 bridgehead atoms. The third-order valence-corrected chi connectivity index (χ3v) is 1.71. The third kappa shape index (κ3) is 8.14. The molecule has 0 unspecified atom stereocenters. The first-order valence-corrected chi connectivity index (χ1v) is 5.04. The monoisotopic (exact) mass is 146 g/mol. The minimum atomic E-state index is 1.18. The molecule has 2 nitrogen and oxygen atoms in total. The minimum absolute atomic E-state index is 1.18. The topological polar surface area (TPSA) is 15.3 Å². The molecule has 0 aromatic rings. The summed E-state index contributed by atoms with van der Waals surface area (Å²) in [5.74, 6) is 0. The minimum Gasteiger partial charge on any atom is -0.320 e. The summed E-state index contributed by atoms with van der Waals surface area (Å²) in [5.41, 5.74) is 0. The molecule has 0 aliphatic rings. The second kappa shape index (κ2) is 6.26. The van der Waals surface area contributed by atoms with E-state index in [4.69, 9.17) is 0 Å². The van der Waals surface area contributed by atoms with Crippen LogP contribution in [0.25, 0.3) is 0 Å². The zero-order chi connectivity index (χ0) is 7.11. The zero-order valence-electron chi connectivity index (χ0n) is 6.78. The van der Waals surface area contributed by atoms with Gasteiger partial charge in [0.05, 0.1) is 0 Å². The van der Waals surface area contributed by atoms with Crippen molar-refractivity contribution in [2.45, 2.75) is 6.42 Å². The second-order valence-corrected chi connectivity index (χ2v) is 3.22. The van der Waals surface area contributed by atoms with Crippen molar-refractivity contribution in [3.63, 3.8) is 0 Å². The molecule has 0 aromatic carbocycles. The van der Waals surface area contributed by atoms with E-state index >= 15 is 0 Å². The molecule has 0 atom stereocenters. The Bertz CT molecular complexity index is 57.0. The molecule has 0 fully saturated rings. The molecule has 0 aliphatic heterocycles. The molecule has 0 saturated carbocycles. The molecule has 0 heterocycles. The lowest BCUT2D eigenvalue weighted by Gasteiger charge is -2.08. The average Bonchev–Trinajstić information content (AvgIpc) is 1.80. The van der Waals surface area contributed by atoms with Crippen LogP contribution in [-0.2, 0) is 0 Å². The molecule has 1 N–H and O–H groups in total. The van der Waals surface area contributed by atoms with Gasteiger partial charge >= 0.3 is 0 Å². The highest BCUT2D eigenvalue weighted by Crippen LogP contribution is 1.78. The molecular formula is C6H18N2Si. The molecule has 3 heteroatoms. The van der Waals surface area contributed by atoms with Gasteiger partial charge in [-0.25, -0.2) is 0 Å². The fraction of sp³-hybridized carbons (Fsp3) is 1.00. The normalized spacial score (nSPS) is 11.0. The Morgan fingerprint density at radius 1 is 1.44 bits per heavy atom. The molecule has 0 saturated heterocycles. The molecule has 0 radical (unpaired) electrons. The van der Waals surface area contributed by atoms with E-state index in [1.807, 2.05) is 0 Å². The number of nitrogens with zero attached hydrogens (tertiary/aromatic N) is 1. The Morgan fingerprint density at radius 3 is 2.56 bits per heavy atom. The molecule has 56 valence electrons. The number of rotatable bonds is 5. The predicted molar refractivity (Wildman–Crippen MR) is 46.0 cm³/mol. The fourth-order valence-electron chi connectivity index (χ4n) is 0.697. The Hall–Kier alpha value is 0.137. The van der Waals surface area contributed by atoms with Gasteiger partial charge in [-0.15, -0.1) is 0 Å². The van der Waals surface area contributed by atoms with E-state index in [1.54, 1.807) is 0 Å².